The number of para-hydroxylation sites is 1. The van der Waals surface area contributed by atoms with E-state index in [1.54, 1.807) is 0 Å². The predicted molar refractivity (Wildman–Crippen MR) is 106 cm³/mol. The van der Waals surface area contributed by atoms with Gasteiger partial charge in [-0.15, -0.1) is 12.4 Å². The normalized spacial score (nSPS) is 16.6. The summed E-state index contributed by atoms with van der Waals surface area (Å²) in [5.41, 5.74) is 2.80. The zero-order chi connectivity index (χ0) is 16.3. The highest BCUT2D eigenvalue weighted by molar-refractivity contribution is 5.85. The second-order valence-corrected chi connectivity index (χ2v) is 6.03. The average molecular weight is 348 g/mol. The fourth-order valence-corrected chi connectivity index (χ4v) is 3.04. The van der Waals surface area contributed by atoms with Gasteiger partial charge >= 0.3 is 0 Å². The molecule has 1 aliphatic heterocycles. The van der Waals surface area contributed by atoms with Gasteiger partial charge in [0.2, 0.25) is 0 Å². The lowest BCUT2D eigenvalue weighted by Gasteiger charge is -2.38. The Morgan fingerprint density at radius 3 is 2.12 bits per heavy atom. The molecule has 1 unspecified atom stereocenters. The third-order valence-electron chi connectivity index (χ3n) is 4.29. The Kier molecular flexibility index (Phi) is 10.2. The van der Waals surface area contributed by atoms with Gasteiger partial charge in [-0.3, -0.25) is 0 Å². The molecule has 0 aliphatic carbocycles. The van der Waals surface area contributed by atoms with Crippen molar-refractivity contribution < 1.29 is 5.11 Å². The van der Waals surface area contributed by atoms with Crippen molar-refractivity contribution in [3.8, 4) is 0 Å². The molecule has 1 saturated heterocycles. The number of unbranched alkanes of at least 4 members (excludes halogenated alkanes) is 1. The van der Waals surface area contributed by atoms with Crippen molar-refractivity contribution in [2.75, 3.05) is 18.1 Å². The van der Waals surface area contributed by atoms with E-state index in [1.165, 1.54) is 37.1 Å². The number of benzene rings is 2. The Bertz CT molecular complexity index is 483. The van der Waals surface area contributed by atoms with Crippen molar-refractivity contribution in [1.82, 2.24) is 0 Å². The summed E-state index contributed by atoms with van der Waals surface area (Å²) in [6.45, 7) is 3.57. The van der Waals surface area contributed by atoms with E-state index in [0.717, 1.165) is 12.8 Å². The minimum Gasteiger partial charge on any atom is -0.396 e. The summed E-state index contributed by atoms with van der Waals surface area (Å²) in [4.78, 5) is 2.55. The summed E-state index contributed by atoms with van der Waals surface area (Å²) in [6.07, 6.45) is 5.94. The average Bonchev–Trinajstić information content (AvgIpc) is 2.64. The topological polar surface area (TPSA) is 23.5 Å². The van der Waals surface area contributed by atoms with Crippen molar-refractivity contribution in [3.05, 3.63) is 66.2 Å². The fraction of sp³-hybridized carbons (Fsp3) is 0.429. The van der Waals surface area contributed by atoms with Crippen LogP contribution in [0.15, 0.2) is 60.7 Å². The van der Waals surface area contributed by atoms with Gasteiger partial charge in [-0.25, -0.2) is 0 Å². The van der Waals surface area contributed by atoms with Gasteiger partial charge in [0.25, 0.3) is 0 Å². The van der Waals surface area contributed by atoms with E-state index in [2.05, 4.69) is 72.5 Å². The van der Waals surface area contributed by atoms with E-state index in [0.29, 0.717) is 12.6 Å². The Labute approximate surface area is 152 Å². The molecule has 1 fully saturated rings. The van der Waals surface area contributed by atoms with Crippen LogP contribution in [0, 0.1) is 0 Å². The molecule has 2 aromatic rings. The number of aliphatic hydroxyl groups excluding tert-OH is 1. The summed E-state index contributed by atoms with van der Waals surface area (Å²) >= 11 is 0. The summed E-state index contributed by atoms with van der Waals surface area (Å²) < 4.78 is 0. The van der Waals surface area contributed by atoms with Crippen LogP contribution < -0.4 is 4.90 Å². The Hall–Kier alpha value is -1.51. The van der Waals surface area contributed by atoms with Crippen LogP contribution in [-0.4, -0.2) is 18.3 Å². The maximum atomic E-state index is 8.07. The first-order valence-corrected chi connectivity index (χ1v) is 8.84. The maximum absolute atomic E-state index is 8.07. The standard InChI is InChI=1S/C17H19N.C4H10O.ClH/c1-3-9-15(10-4-1)17-13-7-8-14-18(17)16-11-5-2-6-12-16;1-2-3-4-5;/h1-6,9-12,17H,7-8,13-14H2;5H,2-4H2,1H3;1H. The molecule has 24 heavy (non-hydrogen) atoms. The Morgan fingerprint density at radius 2 is 1.58 bits per heavy atom. The van der Waals surface area contributed by atoms with Gasteiger partial charge in [0.05, 0.1) is 6.04 Å². The van der Waals surface area contributed by atoms with Crippen LogP contribution in [0.5, 0.6) is 0 Å². The van der Waals surface area contributed by atoms with Gasteiger partial charge < -0.3 is 10.0 Å². The Balaban J connectivity index is 0.000000425. The molecule has 3 rings (SSSR count). The minimum absolute atomic E-state index is 0. The first-order valence-electron chi connectivity index (χ1n) is 8.84. The summed E-state index contributed by atoms with van der Waals surface area (Å²) in [7, 11) is 0. The first kappa shape index (κ1) is 20.5. The Morgan fingerprint density at radius 1 is 0.958 bits per heavy atom. The highest BCUT2D eigenvalue weighted by Gasteiger charge is 2.23. The molecule has 0 bridgehead atoms. The highest BCUT2D eigenvalue weighted by Crippen LogP contribution is 2.34. The number of rotatable bonds is 4. The van der Waals surface area contributed by atoms with Gasteiger partial charge in [0.15, 0.2) is 0 Å². The molecule has 1 aliphatic rings. The van der Waals surface area contributed by atoms with Gasteiger partial charge in [-0.1, -0.05) is 61.9 Å². The zero-order valence-corrected chi connectivity index (χ0v) is 15.4. The molecule has 1 heterocycles. The highest BCUT2D eigenvalue weighted by atomic mass is 35.5. The monoisotopic (exact) mass is 347 g/mol. The van der Waals surface area contributed by atoms with Crippen LogP contribution in [0.4, 0.5) is 5.69 Å². The molecule has 0 amide bonds. The van der Waals surface area contributed by atoms with Crippen LogP contribution in [0.3, 0.4) is 0 Å². The van der Waals surface area contributed by atoms with Crippen LogP contribution in [0.25, 0.3) is 0 Å². The van der Waals surface area contributed by atoms with Crippen LogP contribution >= 0.6 is 12.4 Å². The van der Waals surface area contributed by atoms with Crippen molar-refractivity contribution >= 4 is 18.1 Å². The molecular weight excluding hydrogens is 318 g/mol. The van der Waals surface area contributed by atoms with Gasteiger partial charge in [-0.05, 0) is 43.4 Å². The van der Waals surface area contributed by atoms with Gasteiger partial charge in [-0.2, -0.15) is 0 Å². The summed E-state index contributed by atoms with van der Waals surface area (Å²) in [6, 6.07) is 22.2. The molecular formula is C21H30ClNO. The van der Waals surface area contributed by atoms with Crippen LogP contribution in [0.1, 0.15) is 50.6 Å². The zero-order valence-electron chi connectivity index (χ0n) is 14.6. The first-order chi connectivity index (χ1) is 11.4. The van der Waals surface area contributed by atoms with Crippen LogP contribution in [-0.2, 0) is 0 Å². The number of anilines is 1. The molecule has 0 spiro atoms. The SMILES string of the molecule is CCCCO.Cl.c1ccc(C2CCCCN2c2ccccc2)cc1. The number of hydrogen-bond donors (Lipinski definition) is 1. The maximum Gasteiger partial charge on any atom is 0.0542 e. The van der Waals surface area contributed by atoms with E-state index in [1.807, 2.05) is 0 Å². The van der Waals surface area contributed by atoms with E-state index in [4.69, 9.17) is 5.11 Å². The second-order valence-electron chi connectivity index (χ2n) is 6.03. The number of nitrogens with zero attached hydrogens (tertiary/aromatic N) is 1. The quantitative estimate of drug-likeness (QED) is 0.776. The van der Waals surface area contributed by atoms with Crippen molar-refractivity contribution in [3.63, 3.8) is 0 Å². The molecule has 2 nitrogen and oxygen atoms in total. The number of halogens is 1. The number of hydrogen-bond acceptors (Lipinski definition) is 2. The van der Waals surface area contributed by atoms with Crippen molar-refractivity contribution in [2.45, 2.75) is 45.1 Å². The van der Waals surface area contributed by atoms with E-state index in [-0.39, 0.29) is 12.4 Å². The van der Waals surface area contributed by atoms with Gasteiger partial charge in [0, 0.05) is 18.8 Å². The third kappa shape index (κ3) is 6.18. The van der Waals surface area contributed by atoms with Crippen LogP contribution in [0.2, 0.25) is 0 Å². The molecule has 1 atom stereocenters. The predicted octanol–water partition coefficient (Wildman–Crippen LogP) is 5.62. The van der Waals surface area contributed by atoms with Gasteiger partial charge in [0.1, 0.15) is 0 Å². The molecule has 0 radical (unpaired) electrons. The molecule has 1 N–H and O–H groups in total. The van der Waals surface area contributed by atoms with Crippen molar-refractivity contribution in [1.29, 1.82) is 0 Å². The number of piperidine rings is 1. The third-order valence-corrected chi connectivity index (χ3v) is 4.29. The fourth-order valence-electron chi connectivity index (χ4n) is 3.04. The lowest BCUT2D eigenvalue weighted by molar-refractivity contribution is 0.287. The molecule has 3 heteroatoms. The minimum atomic E-state index is 0. The number of aliphatic hydroxyl groups is 1. The van der Waals surface area contributed by atoms with E-state index >= 15 is 0 Å². The molecule has 132 valence electrons. The van der Waals surface area contributed by atoms with E-state index in [9.17, 15) is 0 Å². The lowest BCUT2D eigenvalue weighted by atomic mass is 9.94. The summed E-state index contributed by atoms with van der Waals surface area (Å²) in [5.74, 6) is 0. The van der Waals surface area contributed by atoms with Crippen molar-refractivity contribution in [2.24, 2.45) is 0 Å². The molecule has 2 aromatic carbocycles. The molecule has 0 saturated carbocycles. The largest absolute Gasteiger partial charge is 0.396 e. The molecule has 0 aromatic heterocycles. The van der Waals surface area contributed by atoms with E-state index < -0.39 is 0 Å². The summed E-state index contributed by atoms with van der Waals surface area (Å²) in [5, 5.41) is 8.07. The second kappa shape index (κ2) is 11.9. The smallest absolute Gasteiger partial charge is 0.0542 e. The lowest BCUT2D eigenvalue weighted by Crippen LogP contribution is -2.33.